The first-order chi connectivity index (χ1) is 12.3. The van der Waals surface area contributed by atoms with E-state index in [4.69, 9.17) is 0 Å². The van der Waals surface area contributed by atoms with Crippen LogP contribution in [0.3, 0.4) is 0 Å². The van der Waals surface area contributed by atoms with Gasteiger partial charge < -0.3 is 0 Å². The predicted molar refractivity (Wildman–Crippen MR) is 95.6 cm³/mol. The minimum absolute atomic E-state index is 0.152. The van der Waals surface area contributed by atoms with Crippen molar-refractivity contribution < 1.29 is 13.2 Å². The summed E-state index contributed by atoms with van der Waals surface area (Å²) in [6.07, 6.45) is -2.88. The molecular weight excluding hydrogens is 411 g/mol. The monoisotopic (exact) mass is 429 g/mol. The number of nitrogens with zero attached hydrogens (tertiary/aromatic N) is 3. The van der Waals surface area contributed by atoms with Crippen LogP contribution in [0.5, 0.6) is 0 Å². The van der Waals surface area contributed by atoms with E-state index in [0.29, 0.717) is 0 Å². The largest absolute Gasteiger partial charge is 0.435 e. The minimum Gasteiger partial charge on any atom is -0.299 e. The summed E-state index contributed by atoms with van der Waals surface area (Å²) in [5.74, 6) is 0.152. The first-order valence-electron chi connectivity index (χ1n) is 8.44. The number of alkyl halides is 3. The quantitative estimate of drug-likeness (QED) is 0.738. The highest BCUT2D eigenvalue weighted by molar-refractivity contribution is 9.10. The third kappa shape index (κ3) is 4.73. The zero-order chi connectivity index (χ0) is 18.7. The molecule has 0 amide bonds. The fourth-order valence-corrected chi connectivity index (χ4v) is 3.58. The number of hydrogen-bond acceptors (Lipinski definition) is 3. The predicted octanol–water partition coefficient (Wildman–Crippen LogP) is 3.94. The van der Waals surface area contributed by atoms with Gasteiger partial charge in [0.05, 0.1) is 0 Å². The Hall–Kier alpha value is -1.67. The van der Waals surface area contributed by atoms with Crippen LogP contribution in [0.15, 0.2) is 45.7 Å². The molecule has 0 N–H and O–H groups in total. The third-order valence-electron chi connectivity index (χ3n) is 4.65. The summed E-state index contributed by atoms with van der Waals surface area (Å²) in [5.41, 5.74) is -0.307. The molecule has 1 aromatic carbocycles. The van der Waals surface area contributed by atoms with Crippen molar-refractivity contribution in [2.45, 2.75) is 32.1 Å². The molecule has 4 nitrogen and oxygen atoms in total. The van der Waals surface area contributed by atoms with Crippen LogP contribution in [-0.2, 0) is 19.3 Å². The molecule has 0 saturated carbocycles. The first kappa shape index (κ1) is 19.1. The van der Waals surface area contributed by atoms with Gasteiger partial charge in [-0.25, -0.2) is 4.68 Å². The molecule has 0 radical (unpaired) electrons. The van der Waals surface area contributed by atoms with E-state index in [9.17, 15) is 18.0 Å². The Balaban J connectivity index is 1.59. The van der Waals surface area contributed by atoms with Crippen LogP contribution in [0, 0.1) is 5.92 Å². The van der Waals surface area contributed by atoms with Crippen LogP contribution in [0.25, 0.3) is 0 Å². The molecule has 1 saturated heterocycles. The Morgan fingerprint density at radius 2 is 1.81 bits per heavy atom. The molecule has 0 bridgehead atoms. The van der Waals surface area contributed by atoms with E-state index in [2.05, 4.69) is 32.0 Å². The van der Waals surface area contributed by atoms with Gasteiger partial charge in [0.15, 0.2) is 5.69 Å². The highest BCUT2D eigenvalue weighted by atomic mass is 79.9. The van der Waals surface area contributed by atoms with Crippen molar-refractivity contribution in [1.29, 1.82) is 0 Å². The molecule has 2 aromatic rings. The molecule has 2 heterocycles. The zero-order valence-corrected chi connectivity index (χ0v) is 15.6. The second-order valence-electron chi connectivity index (χ2n) is 6.55. The maximum Gasteiger partial charge on any atom is 0.435 e. The molecule has 26 heavy (non-hydrogen) atoms. The third-order valence-corrected chi connectivity index (χ3v) is 5.42. The van der Waals surface area contributed by atoms with Gasteiger partial charge in [0.1, 0.15) is 0 Å². The van der Waals surface area contributed by atoms with Crippen LogP contribution in [-0.4, -0.2) is 27.8 Å². The topological polar surface area (TPSA) is 38.1 Å². The van der Waals surface area contributed by atoms with Crippen LogP contribution in [0.4, 0.5) is 13.2 Å². The van der Waals surface area contributed by atoms with Crippen LogP contribution < -0.4 is 5.56 Å². The second kappa shape index (κ2) is 7.92. The lowest BCUT2D eigenvalue weighted by Crippen LogP contribution is -2.36. The van der Waals surface area contributed by atoms with E-state index in [1.54, 1.807) is 0 Å². The van der Waals surface area contributed by atoms with Gasteiger partial charge >= 0.3 is 6.18 Å². The summed E-state index contributed by atoms with van der Waals surface area (Å²) in [7, 11) is 0. The Kier molecular flexibility index (Phi) is 5.82. The molecule has 0 aliphatic carbocycles. The Bertz CT molecular complexity index is 814. The Morgan fingerprint density at radius 3 is 2.46 bits per heavy atom. The van der Waals surface area contributed by atoms with Crippen molar-refractivity contribution in [1.82, 2.24) is 14.7 Å². The number of piperidine rings is 1. The van der Waals surface area contributed by atoms with Gasteiger partial charge in [-0.2, -0.15) is 18.3 Å². The second-order valence-corrected chi connectivity index (χ2v) is 7.40. The van der Waals surface area contributed by atoms with E-state index in [0.717, 1.165) is 53.8 Å². The van der Waals surface area contributed by atoms with Crippen LogP contribution in [0.1, 0.15) is 24.1 Å². The molecule has 8 heteroatoms. The average Bonchev–Trinajstić information content (AvgIpc) is 2.59. The molecule has 0 spiro atoms. The lowest BCUT2D eigenvalue weighted by molar-refractivity contribution is -0.142. The zero-order valence-electron chi connectivity index (χ0n) is 14.0. The molecule has 1 aliphatic rings. The molecule has 0 unspecified atom stereocenters. The van der Waals surface area contributed by atoms with Gasteiger partial charge in [0, 0.05) is 23.6 Å². The summed E-state index contributed by atoms with van der Waals surface area (Å²) < 4.78 is 40.4. The lowest BCUT2D eigenvalue weighted by Gasteiger charge is -2.32. The normalized spacial score (nSPS) is 16.8. The number of benzene rings is 1. The van der Waals surface area contributed by atoms with E-state index in [-0.39, 0.29) is 12.5 Å². The van der Waals surface area contributed by atoms with Crippen LogP contribution in [0.2, 0.25) is 0 Å². The SMILES string of the molecule is O=c1ccc(C(F)(F)F)nn1CC1CCN(Cc2ccccc2Br)CC1. The number of aromatic nitrogens is 2. The summed E-state index contributed by atoms with van der Waals surface area (Å²) in [5, 5.41) is 3.50. The van der Waals surface area contributed by atoms with Gasteiger partial charge in [-0.05, 0) is 49.5 Å². The van der Waals surface area contributed by atoms with Crippen molar-refractivity contribution in [2.75, 3.05) is 13.1 Å². The molecule has 1 aliphatic heterocycles. The van der Waals surface area contributed by atoms with Gasteiger partial charge in [0.25, 0.3) is 5.56 Å². The van der Waals surface area contributed by atoms with Crippen molar-refractivity contribution >= 4 is 15.9 Å². The van der Waals surface area contributed by atoms with Gasteiger partial charge in [-0.15, -0.1) is 0 Å². The summed E-state index contributed by atoms with van der Waals surface area (Å²) in [6, 6.07) is 9.73. The Labute approximate surface area is 157 Å². The number of rotatable bonds is 4. The van der Waals surface area contributed by atoms with Gasteiger partial charge in [-0.3, -0.25) is 9.69 Å². The fraction of sp³-hybridized carbons (Fsp3) is 0.444. The van der Waals surface area contributed by atoms with Crippen molar-refractivity contribution in [2.24, 2.45) is 5.92 Å². The highest BCUT2D eigenvalue weighted by Crippen LogP contribution is 2.27. The van der Waals surface area contributed by atoms with Crippen LogP contribution >= 0.6 is 15.9 Å². The minimum atomic E-state index is -4.54. The van der Waals surface area contributed by atoms with E-state index in [1.807, 2.05) is 18.2 Å². The van der Waals surface area contributed by atoms with Crippen molar-refractivity contribution in [3.8, 4) is 0 Å². The maximum atomic E-state index is 12.8. The molecule has 140 valence electrons. The van der Waals surface area contributed by atoms with E-state index >= 15 is 0 Å². The van der Waals surface area contributed by atoms with Crippen molar-refractivity contribution in [3.05, 3.63) is 62.5 Å². The molecule has 1 aromatic heterocycles. The first-order valence-corrected chi connectivity index (χ1v) is 9.23. The number of hydrogen-bond donors (Lipinski definition) is 0. The van der Waals surface area contributed by atoms with Crippen molar-refractivity contribution in [3.63, 3.8) is 0 Å². The van der Waals surface area contributed by atoms with Gasteiger partial charge in [0.2, 0.25) is 0 Å². The average molecular weight is 430 g/mol. The summed E-state index contributed by atoms with van der Waals surface area (Å²) >= 11 is 3.55. The standard InChI is InChI=1S/C18H19BrF3N3O/c19-15-4-2-1-3-14(15)12-24-9-7-13(8-10-24)11-25-17(26)6-5-16(23-25)18(20,21)22/h1-6,13H,7-12H2. The van der Waals surface area contributed by atoms with E-state index < -0.39 is 17.4 Å². The molecular formula is C18H19BrF3N3O. The smallest absolute Gasteiger partial charge is 0.299 e. The number of likely N-dealkylation sites (tertiary alicyclic amines) is 1. The summed E-state index contributed by atoms with van der Waals surface area (Å²) in [4.78, 5) is 14.2. The lowest BCUT2D eigenvalue weighted by atomic mass is 9.96. The molecule has 3 rings (SSSR count). The maximum absolute atomic E-state index is 12.8. The summed E-state index contributed by atoms with van der Waals surface area (Å²) in [6.45, 7) is 2.75. The van der Waals surface area contributed by atoms with Gasteiger partial charge in [-0.1, -0.05) is 34.1 Å². The Morgan fingerprint density at radius 1 is 1.12 bits per heavy atom. The fourth-order valence-electron chi connectivity index (χ4n) is 3.17. The molecule has 0 atom stereocenters. The van der Waals surface area contributed by atoms with E-state index in [1.165, 1.54) is 5.56 Å². The highest BCUT2D eigenvalue weighted by Gasteiger charge is 2.33. The molecule has 1 fully saturated rings. The number of halogens is 4.